The zero-order chi connectivity index (χ0) is 9.84. The molecule has 1 aromatic carbocycles. The largest absolute Gasteiger partial charge is 0.328 e. The topological polar surface area (TPSA) is 50.1 Å². The Morgan fingerprint density at radius 2 is 2.23 bits per heavy atom. The number of nitrogens with two attached hydrogens (primary N) is 1. The SMILES string of the molecule is NNC(=S)Nc1c(F)cccc1Br. The number of para-hydroxylation sites is 1. The van der Waals surface area contributed by atoms with Crippen LogP contribution in [-0.4, -0.2) is 5.11 Å². The lowest BCUT2D eigenvalue weighted by atomic mass is 10.3. The summed E-state index contributed by atoms with van der Waals surface area (Å²) in [7, 11) is 0. The molecule has 0 heterocycles. The van der Waals surface area contributed by atoms with Gasteiger partial charge in [-0.1, -0.05) is 6.07 Å². The molecule has 4 N–H and O–H groups in total. The minimum Gasteiger partial charge on any atom is -0.328 e. The molecule has 6 heteroatoms. The smallest absolute Gasteiger partial charge is 0.185 e. The summed E-state index contributed by atoms with van der Waals surface area (Å²) >= 11 is 7.90. The van der Waals surface area contributed by atoms with Gasteiger partial charge >= 0.3 is 0 Å². The zero-order valence-electron chi connectivity index (χ0n) is 6.47. The molecular formula is C7H7BrFN3S. The van der Waals surface area contributed by atoms with E-state index in [1.165, 1.54) is 6.07 Å². The van der Waals surface area contributed by atoms with Gasteiger partial charge in [0.2, 0.25) is 0 Å². The number of anilines is 1. The molecule has 0 unspecified atom stereocenters. The second kappa shape index (κ2) is 4.50. The van der Waals surface area contributed by atoms with Crippen molar-refractivity contribution >= 4 is 38.9 Å². The maximum Gasteiger partial charge on any atom is 0.185 e. The molecule has 13 heavy (non-hydrogen) atoms. The van der Waals surface area contributed by atoms with Crippen LogP contribution >= 0.6 is 28.1 Å². The summed E-state index contributed by atoms with van der Waals surface area (Å²) in [6.07, 6.45) is 0. The lowest BCUT2D eigenvalue weighted by Crippen LogP contribution is -2.34. The monoisotopic (exact) mass is 263 g/mol. The van der Waals surface area contributed by atoms with Crippen LogP contribution in [-0.2, 0) is 0 Å². The van der Waals surface area contributed by atoms with Crippen molar-refractivity contribution in [3.8, 4) is 0 Å². The van der Waals surface area contributed by atoms with Crippen LogP contribution in [0.2, 0.25) is 0 Å². The van der Waals surface area contributed by atoms with E-state index in [1.807, 2.05) is 0 Å². The van der Waals surface area contributed by atoms with E-state index < -0.39 is 5.82 Å². The Bertz CT molecular complexity index is 311. The number of hydrogen-bond acceptors (Lipinski definition) is 2. The molecule has 0 spiro atoms. The molecule has 1 rings (SSSR count). The van der Waals surface area contributed by atoms with Gasteiger partial charge in [0.1, 0.15) is 5.82 Å². The average molecular weight is 264 g/mol. The summed E-state index contributed by atoms with van der Waals surface area (Å²) in [5, 5.41) is 2.76. The maximum atomic E-state index is 13.1. The Morgan fingerprint density at radius 1 is 1.54 bits per heavy atom. The molecule has 0 aliphatic carbocycles. The number of halogens is 2. The van der Waals surface area contributed by atoms with Gasteiger partial charge in [0.15, 0.2) is 5.11 Å². The fourth-order valence-corrected chi connectivity index (χ4v) is 1.31. The molecule has 0 aromatic heterocycles. The molecule has 3 nitrogen and oxygen atoms in total. The Morgan fingerprint density at radius 3 is 2.77 bits per heavy atom. The zero-order valence-corrected chi connectivity index (χ0v) is 8.88. The van der Waals surface area contributed by atoms with Gasteiger partial charge in [0.25, 0.3) is 0 Å². The van der Waals surface area contributed by atoms with Gasteiger partial charge in [0.05, 0.1) is 5.69 Å². The molecule has 0 fully saturated rings. The number of benzene rings is 1. The number of hydrogen-bond donors (Lipinski definition) is 3. The van der Waals surface area contributed by atoms with Crippen molar-refractivity contribution in [1.29, 1.82) is 0 Å². The van der Waals surface area contributed by atoms with Crippen LogP contribution < -0.4 is 16.6 Å². The third kappa shape index (κ3) is 2.61. The van der Waals surface area contributed by atoms with E-state index in [0.717, 1.165) is 0 Å². The molecular weight excluding hydrogens is 257 g/mol. The number of thiocarbonyl (C=S) groups is 1. The standard InChI is InChI=1S/C7H7BrFN3S/c8-4-2-1-3-5(9)6(4)11-7(13)12-10/h1-3H,10H2,(H2,11,12,13). The first kappa shape index (κ1) is 10.4. The minimum atomic E-state index is -0.396. The third-order valence-electron chi connectivity index (χ3n) is 1.33. The van der Waals surface area contributed by atoms with Crippen LogP contribution in [0, 0.1) is 5.82 Å². The van der Waals surface area contributed by atoms with Crippen LogP contribution in [0.5, 0.6) is 0 Å². The van der Waals surface area contributed by atoms with Crippen molar-refractivity contribution in [1.82, 2.24) is 5.43 Å². The molecule has 1 aromatic rings. The first-order valence-corrected chi connectivity index (χ1v) is 4.57. The van der Waals surface area contributed by atoms with E-state index in [4.69, 9.17) is 18.1 Å². The molecule has 0 saturated carbocycles. The Labute approximate surface area is 88.6 Å². The molecule has 0 radical (unpaired) electrons. The van der Waals surface area contributed by atoms with E-state index >= 15 is 0 Å². The Balaban J connectivity index is 2.93. The van der Waals surface area contributed by atoms with Crippen molar-refractivity contribution in [2.75, 3.05) is 5.32 Å². The van der Waals surface area contributed by atoms with Gasteiger partial charge in [-0.05, 0) is 40.3 Å². The Kier molecular flexibility index (Phi) is 3.58. The van der Waals surface area contributed by atoms with E-state index in [1.54, 1.807) is 12.1 Å². The summed E-state index contributed by atoms with van der Waals surface area (Å²) in [6.45, 7) is 0. The predicted octanol–water partition coefficient (Wildman–Crippen LogP) is 1.75. The second-order valence-corrected chi connectivity index (χ2v) is 3.46. The van der Waals surface area contributed by atoms with E-state index in [9.17, 15) is 4.39 Å². The summed E-state index contributed by atoms with van der Waals surface area (Å²) in [6, 6.07) is 4.61. The first-order chi connectivity index (χ1) is 6.15. The second-order valence-electron chi connectivity index (χ2n) is 2.20. The van der Waals surface area contributed by atoms with Crippen molar-refractivity contribution in [3.63, 3.8) is 0 Å². The molecule has 0 saturated heterocycles. The minimum absolute atomic E-state index is 0.158. The molecule has 0 aliphatic heterocycles. The predicted molar refractivity (Wildman–Crippen MR) is 57.6 cm³/mol. The summed E-state index contributed by atoms with van der Waals surface area (Å²) in [5.74, 6) is 4.63. The quantitative estimate of drug-likeness (QED) is 0.411. The van der Waals surface area contributed by atoms with E-state index in [0.29, 0.717) is 4.47 Å². The van der Waals surface area contributed by atoms with Gasteiger partial charge in [0, 0.05) is 4.47 Å². The molecule has 0 bridgehead atoms. The van der Waals surface area contributed by atoms with Gasteiger partial charge in [-0.25, -0.2) is 10.2 Å². The van der Waals surface area contributed by atoms with Gasteiger partial charge in [-0.2, -0.15) is 0 Å². The van der Waals surface area contributed by atoms with Crippen LogP contribution in [0.15, 0.2) is 22.7 Å². The Hall–Kier alpha value is -0.720. The van der Waals surface area contributed by atoms with Crippen molar-refractivity contribution < 1.29 is 4.39 Å². The summed E-state index contributed by atoms with van der Waals surface area (Å²) in [4.78, 5) is 0. The van der Waals surface area contributed by atoms with E-state index in [2.05, 4.69) is 26.7 Å². The lowest BCUT2D eigenvalue weighted by Gasteiger charge is -2.09. The molecule has 70 valence electrons. The first-order valence-electron chi connectivity index (χ1n) is 3.36. The average Bonchev–Trinajstić information content (AvgIpc) is 2.11. The van der Waals surface area contributed by atoms with Crippen molar-refractivity contribution in [2.45, 2.75) is 0 Å². The van der Waals surface area contributed by atoms with Crippen LogP contribution in [0.3, 0.4) is 0 Å². The fourth-order valence-electron chi connectivity index (χ4n) is 0.767. The normalized spacial score (nSPS) is 9.46. The highest BCUT2D eigenvalue weighted by Gasteiger charge is 2.06. The molecule has 0 aliphatic rings. The van der Waals surface area contributed by atoms with Crippen LogP contribution in [0.1, 0.15) is 0 Å². The fraction of sp³-hybridized carbons (Fsp3) is 0. The van der Waals surface area contributed by atoms with Gasteiger partial charge in [-0.15, -0.1) is 0 Å². The highest BCUT2D eigenvalue weighted by Crippen LogP contribution is 2.24. The molecule has 0 amide bonds. The lowest BCUT2D eigenvalue weighted by molar-refractivity contribution is 0.631. The number of rotatable bonds is 1. The highest BCUT2D eigenvalue weighted by atomic mass is 79.9. The van der Waals surface area contributed by atoms with E-state index in [-0.39, 0.29) is 10.8 Å². The van der Waals surface area contributed by atoms with Crippen molar-refractivity contribution in [3.05, 3.63) is 28.5 Å². The number of nitrogens with one attached hydrogen (secondary N) is 2. The van der Waals surface area contributed by atoms with Gasteiger partial charge < -0.3 is 10.7 Å². The summed E-state index contributed by atoms with van der Waals surface area (Å²) < 4.78 is 13.7. The van der Waals surface area contributed by atoms with Crippen molar-refractivity contribution in [2.24, 2.45) is 5.84 Å². The van der Waals surface area contributed by atoms with Crippen LogP contribution in [0.4, 0.5) is 10.1 Å². The molecule has 0 atom stereocenters. The number of hydrazine groups is 1. The van der Waals surface area contributed by atoms with Gasteiger partial charge in [-0.3, -0.25) is 0 Å². The highest BCUT2D eigenvalue weighted by molar-refractivity contribution is 9.10. The maximum absolute atomic E-state index is 13.1. The third-order valence-corrected chi connectivity index (χ3v) is 2.21. The van der Waals surface area contributed by atoms with Crippen LogP contribution in [0.25, 0.3) is 0 Å². The summed E-state index contributed by atoms with van der Waals surface area (Å²) in [5.41, 5.74) is 2.47.